The zero-order valence-corrected chi connectivity index (χ0v) is 30.4. The highest BCUT2D eigenvalue weighted by Gasteiger charge is 2.49. The van der Waals surface area contributed by atoms with Gasteiger partial charge in [0.1, 0.15) is 5.75 Å². The van der Waals surface area contributed by atoms with Gasteiger partial charge in [-0.3, -0.25) is 0 Å². The minimum absolute atomic E-state index is 0.0225. The van der Waals surface area contributed by atoms with Crippen LogP contribution in [0.4, 0.5) is 13.2 Å². The molecule has 2 aliphatic rings. The van der Waals surface area contributed by atoms with Gasteiger partial charge in [0, 0.05) is 19.6 Å². The van der Waals surface area contributed by atoms with Gasteiger partial charge in [0.15, 0.2) is 0 Å². The number of benzene rings is 1. The first-order valence-electron chi connectivity index (χ1n) is 18.9. The second-order valence-electron chi connectivity index (χ2n) is 14.0. The summed E-state index contributed by atoms with van der Waals surface area (Å²) in [6, 6.07) is 6.06. The maximum Gasteiger partial charge on any atom is 0.395 e. The van der Waals surface area contributed by atoms with E-state index in [0.29, 0.717) is 76.6 Å². The minimum atomic E-state index is -4.37. The third kappa shape index (κ3) is 12.4. The van der Waals surface area contributed by atoms with E-state index in [0.717, 1.165) is 80.1 Å². The van der Waals surface area contributed by atoms with E-state index in [1.54, 1.807) is 6.92 Å². The Morgan fingerprint density at radius 1 is 0.776 bits per heavy atom. The smallest absolute Gasteiger partial charge is 0.395 e. The van der Waals surface area contributed by atoms with Gasteiger partial charge >= 0.3 is 6.18 Å². The maximum absolute atomic E-state index is 15.0. The van der Waals surface area contributed by atoms with Gasteiger partial charge in [-0.05, 0) is 144 Å². The Balaban J connectivity index is 2.15. The van der Waals surface area contributed by atoms with Crippen LogP contribution in [0, 0.1) is 17.8 Å². The van der Waals surface area contributed by atoms with Crippen LogP contribution in [0.25, 0.3) is 5.57 Å². The summed E-state index contributed by atoms with van der Waals surface area (Å²) in [7, 11) is 0. The van der Waals surface area contributed by atoms with Gasteiger partial charge in [-0.2, -0.15) is 13.2 Å². The number of nitrogens with two attached hydrogens (primary N) is 4. The highest BCUT2D eigenvalue weighted by Crippen LogP contribution is 2.53. The number of halogens is 3. The average molecular weight is 695 g/mol. The Morgan fingerprint density at radius 2 is 1.45 bits per heavy atom. The molecule has 0 fully saturated rings. The van der Waals surface area contributed by atoms with Crippen molar-refractivity contribution in [3.05, 3.63) is 46.0 Å². The van der Waals surface area contributed by atoms with Crippen LogP contribution in [0.5, 0.6) is 5.75 Å². The van der Waals surface area contributed by atoms with Gasteiger partial charge in [-0.1, -0.05) is 43.9 Å². The molecule has 1 aromatic carbocycles. The van der Waals surface area contributed by atoms with Crippen LogP contribution in [0.3, 0.4) is 0 Å². The third-order valence-electron chi connectivity index (χ3n) is 10.3. The van der Waals surface area contributed by atoms with Crippen LogP contribution in [0.1, 0.15) is 109 Å². The summed E-state index contributed by atoms with van der Waals surface area (Å²) >= 11 is 0. The van der Waals surface area contributed by atoms with Crippen molar-refractivity contribution in [1.82, 2.24) is 0 Å². The van der Waals surface area contributed by atoms with Crippen molar-refractivity contribution in [2.24, 2.45) is 40.7 Å². The monoisotopic (exact) mass is 695 g/mol. The van der Waals surface area contributed by atoms with Gasteiger partial charge < -0.3 is 37.1 Å². The van der Waals surface area contributed by atoms with Crippen molar-refractivity contribution in [2.75, 3.05) is 46.0 Å². The Hall–Kier alpha value is -1.95. The normalized spacial score (nSPS) is 23.4. The molecule has 3 rings (SSSR count). The zero-order chi connectivity index (χ0) is 35.8. The van der Waals surface area contributed by atoms with Gasteiger partial charge in [-0.15, -0.1) is 0 Å². The number of ether oxygens (including phenoxy) is 3. The van der Waals surface area contributed by atoms with Crippen LogP contribution in [0.15, 0.2) is 34.9 Å². The van der Waals surface area contributed by atoms with Crippen molar-refractivity contribution in [1.29, 1.82) is 0 Å². The molecule has 2 aliphatic carbocycles. The molecule has 0 radical (unpaired) electrons. The lowest BCUT2D eigenvalue weighted by molar-refractivity contribution is -0.169. The van der Waals surface area contributed by atoms with Crippen LogP contribution < -0.4 is 27.7 Å². The van der Waals surface area contributed by atoms with E-state index < -0.39 is 12.1 Å². The number of allylic oxidation sites excluding steroid dienone is 2. The predicted octanol–water partition coefficient (Wildman–Crippen LogP) is 7.44. The fraction of sp³-hybridized carbons (Fsp3) is 0.744. The average Bonchev–Trinajstić information content (AvgIpc) is 3.06. The summed E-state index contributed by atoms with van der Waals surface area (Å²) in [5.74, 6) is -1.33. The first-order valence-corrected chi connectivity index (χ1v) is 18.9. The molecule has 280 valence electrons. The minimum Gasteiger partial charge on any atom is -0.494 e. The summed E-state index contributed by atoms with van der Waals surface area (Å²) in [4.78, 5) is 0. The molecule has 10 heteroatoms. The van der Waals surface area contributed by atoms with E-state index in [9.17, 15) is 0 Å². The molecule has 8 N–H and O–H groups in total. The topological polar surface area (TPSA) is 132 Å². The van der Waals surface area contributed by atoms with Gasteiger partial charge in [0.2, 0.25) is 0 Å². The Morgan fingerprint density at radius 3 is 2.10 bits per heavy atom. The molecule has 1 aromatic rings. The number of unbranched alkanes of at least 4 members (excludes halogenated alkanes) is 3. The standard InChI is InChI=1S/C39H65F3N4O3/c1-4-5-13-33-35(24-32(48-19-10-16-45)25-37(33)49-20-11-17-46)34-26-36(39(40,41)42)28(3)38(27(34)2)30-21-29(12-7-6-8-14-43)22-31(23-30)47-18-9-15-44/h21-23,27,32,34,36-37H,4-20,24-26,43-46H2,1-3H3. The number of hydrogen-bond acceptors (Lipinski definition) is 7. The highest BCUT2D eigenvalue weighted by molar-refractivity contribution is 5.74. The predicted molar refractivity (Wildman–Crippen MR) is 194 cm³/mol. The molecule has 0 bridgehead atoms. The fourth-order valence-corrected chi connectivity index (χ4v) is 7.73. The molecule has 0 aliphatic heterocycles. The van der Waals surface area contributed by atoms with Crippen LogP contribution >= 0.6 is 0 Å². The maximum atomic E-state index is 15.0. The molecular formula is C39H65F3N4O3. The van der Waals surface area contributed by atoms with Crippen molar-refractivity contribution < 1.29 is 27.4 Å². The lowest BCUT2D eigenvalue weighted by atomic mass is 9.63. The fourth-order valence-electron chi connectivity index (χ4n) is 7.73. The lowest BCUT2D eigenvalue weighted by Gasteiger charge is -2.44. The summed E-state index contributed by atoms with van der Waals surface area (Å²) in [5, 5.41) is 0. The molecule has 5 atom stereocenters. The first kappa shape index (κ1) is 41.5. The number of aryl methyl sites for hydroxylation is 1. The van der Waals surface area contributed by atoms with E-state index in [1.165, 1.54) is 5.57 Å². The SMILES string of the molecule is CCCCC1=C(C2CC(C(F)(F)F)C(C)=C(c3cc(CCCCCN)cc(OCCCN)c3)C2C)CC(OCCCN)CC1OCCCN. The second kappa shape index (κ2) is 21.4. The van der Waals surface area contributed by atoms with Crippen molar-refractivity contribution in [3.63, 3.8) is 0 Å². The van der Waals surface area contributed by atoms with Crippen molar-refractivity contribution in [3.8, 4) is 5.75 Å². The molecule has 0 spiro atoms. The summed E-state index contributed by atoms with van der Waals surface area (Å²) < 4.78 is 64.1. The lowest BCUT2D eigenvalue weighted by Crippen LogP contribution is -2.39. The quantitative estimate of drug-likeness (QED) is 0.0733. The molecule has 49 heavy (non-hydrogen) atoms. The van der Waals surface area contributed by atoms with E-state index in [4.69, 9.17) is 37.1 Å². The Labute approximate surface area is 293 Å². The molecule has 0 amide bonds. The summed E-state index contributed by atoms with van der Waals surface area (Å²) in [5.41, 5.74) is 28.4. The van der Waals surface area contributed by atoms with Crippen molar-refractivity contribution >= 4 is 5.57 Å². The van der Waals surface area contributed by atoms with E-state index >= 15 is 13.2 Å². The van der Waals surface area contributed by atoms with E-state index in [1.807, 2.05) is 12.1 Å². The first-order chi connectivity index (χ1) is 23.6. The Kier molecular flexibility index (Phi) is 18.1. The van der Waals surface area contributed by atoms with Crippen LogP contribution in [-0.4, -0.2) is 64.4 Å². The van der Waals surface area contributed by atoms with Gasteiger partial charge in [-0.25, -0.2) is 0 Å². The number of alkyl halides is 3. The Bertz CT molecular complexity index is 1190. The number of rotatable bonds is 22. The summed E-state index contributed by atoms with van der Waals surface area (Å²) in [6.07, 6.45) is 5.24. The molecular weight excluding hydrogens is 629 g/mol. The largest absolute Gasteiger partial charge is 0.494 e. The number of hydrogen-bond donors (Lipinski definition) is 4. The van der Waals surface area contributed by atoms with Crippen LogP contribution in [0.2, 0.25) is 0 Å². The molecule has 0 aromatic heterocycles. The third-order valence-corrected chi connectivity index (χ3v) is 10.3. The summed E-state index contributed by atoms with van der Waals surface area (Å²) in [6.45, 7) is 9.65. The zero-order valence-electron chi connectivity index (χ0n) is 30.4. The van der Waals surface area contributed by atoms with E-state index in [2.05, 4.69) is 19.9 Å². The molecule has 0 heterocycles. The van der Waals surface area contributed by atoms with Gasteiger partial charge in [0.05, 0.1) is 24.7 Å². The molecule has 0 saturated heterocycles. The molecule has 7 nitrogen and oxygen atoms in total. The van der Waals surface area contributed by atoms with Crippen molar-refractivity contribution in [2.45, 2.75) is 123 Å². The molecule has 5 unspecified atom stereocenters. The highest BCUT2D eigenvalue weighted by atomic mass is 19.4. The van der Waals surface area contributed by atoms with E-state index in [-0.39, 0.29) is 30.5 Å². The van der Waals surface area contributed by atoms with Gasteiger partial charge in [0.25, 0.3) is 0 Å². The van der Waals surface area contributed by atoms with Crippen LogP contribution in [-0.2, 0) is 15.9 Å². The second-order valence-corrected chi connectivity index (χ2v) is 14.0. The molecule has 0 saturated carbocycles.